The summed E-state index contributed by atoms with van der Waals surface area (Å²) >= 11 is 0. The Morgan fingerprint density at radius 1 is 1.33 bits per heavy atom. The van der Waals surface area contributed by atoms with E-state index in [0.29, 0.717) is 6.42 Å². The van der Waals surface area contributed by atoms with Crippen molar-refractivity contribution in [3.63, 3.8) is 0 Å². The molecule has 18 heavy (non-hydrogen) atoms. The number of amides is 1. The highest BCUT2D eigenvalue weighted by Crippen LogP contribution is 2.18. The zero-order chi connectivity index (χ0) is 13.1. The van der Waals surface area contributed by atoms with E-state index < -0.39 is 17.6 Å². The van der Waals surface area contributed by atoms with Crippen LogP contribution in [0.3, 0.4) is 0 Å². The van der Waals surface area contributed by atoms with Gasteiger partial charge in [0.1, 0.15) is 0 Å². The molecule has 0 spiro atoms. The molecule has 2 rings (SSSR count). The maximum absolute atomic E-state index is 11.9. The molecule has 2 atom stereocenters. The van der Waals surface area contributed by atoms with E-state index in [1.807, 2.05) is 0 Å². The molecule has 1 heterocycles. The van der Waals surface area contributed by atoms with Gasteiger partial charge in [0.15, 0.2) is 5.88 Å². The highest BCUT2D eigenvalue weighted by molar-refractivity contribution is 5.94. The highest BCUT2D eigenvalue weighted by atomic mass is 16.3. The molecule has 0 aliphatic heterocycles. The van der Waals surface area contributed by atoms with Crippen LogP contribution in [-0.4, -0.2) is 33.3 Å². The van der Waals surface area contributed by atoms with Crippen LogP contribution in [0.5, 0.6) is 5.88 Å². The van der Waals surface area contributed by atoms with Crippen LogP contribution >= 0.6 is 0 Å². The first-order valence-corrected chi connectivity index (χ1v) is 5.98. The Kier molecular flexibility index (Phi) is 3.66. The summed E-state index contributed by atoms with van der Waals surface area (Å²) in [7, 11) is 0. The van der Waals surface area contributed by atoms with E-state index in [1.165, 1.54) is 6.07 Å². The van der Waals surface area contributed by atoms with Crippen molar-refractivity contribution in [2.24, 2.45) is 0 Å². The fraction of sp³-hybridized carbons (Fsp3) is 0.500. The highest BCUT2D eigenvalue weighted by Gasteiger charge is 2.25. The zero-order valence-corrected chi connectivity index (χ0v) is 9.85. The smallest absolute Gasteiger partial charge is 0.251 e. The van der Waals surface area contributed by atoms with Crippen molar-refractivity contribution in [1.29, 1.82) is 0 Å². The van der Waals surface area contributed by atoms with E-state index in [1.54, 1.807) is 0 Å². The number of hydrogen-bond acceptors (Lipinski definition) is 4. The third kappa shape index (κ3) is 2.89. The molecule has 2 unspecified atom stereocenters. The summed E-state index contributed by atoms with van der Waals surface area (Å²) < 4.78 is 0. The molecule has 1 saturated carbocycles. The van der Waals surface area contributed by atoms with Crippen LogP contribution in [0.25, 0.3) is 0 Å². The van der Waals surface area contributed by atoms with Gasteiger partial charge in [0.25, 0.3) is 11.5 Å². The number of aromatic nitrogens is 1. The molecule has 0 saturated heterocycles. The van der Waals surface area contributed by atoms with Gasteiger partial charge in [0.2, 0.25) is 0 Å². The summed E-state index contributed by atoms with van der Waals surface area (Å²) in [5.74, 6) is -0.806. The van der Waals surface area contributed by atoms with Crippen LogP contribution in [0.4, 0.5) is 0 Å². The number of pyridine rings is 1. The van der Waals surface area contributed by atoms with E-state index >= 15 is 0 Å². The number of aromatic hydroxyl groups is 1. The molecule has 98 valence electrons. The monoisotopic (exact) mass is 252 g/mol. The number of H-pyrrole nitrogens is 1. The van der Waals surface area contributed by atoms with Crippen LogP contribution in [0.2, 0.25) is 0 Å². The number of aliphatic hydroxyl groups excluding tert-OH is 1. The van der Waals surface area contributed by atoms with Crippen LogP contribution in [-0.2, 0) is 0 Å². The van der Waals surface area contributed by atoms with Gasteiger partial charge < -0.3 is 15.5 Å². The van der Waals surface area contributed by atoms with Gasteiger partial charge in [-0.05, 0) is 12.8 Å². The first-order chi connectivity index (χ1) is 8.56. The number of aromatic amines is 1. The van der Waals surface area contributed by atoms with Gasteiger partial charge in [-0.3, -0.25) is 14.6 Å². The largest absolute Gasteiger partial charge is 0.494 e. The van der Waals surface area contributed by atoms with Crippen molar-refractivity contribution < 1.29 is 15.0 Å². The van der Waals surface area contributed by atoms with E-state index in [-0.39, 0.29) is 17.5 Å². The quantitative estimate of drug-likeness (QED) is 0.600. The Morgan fingerprint density at radius 2 is 2.06 bits per heavy atom. The maximum Gasteiger partial charge on any atom is 0.251 e. The van der Waals surface area contributed by atoms with Crippen molar-refractivity contribution in [3.05, 3.63) is 28.0 Å². The molecule has 4 N–H and O–H groups in total. The van der Waals surface area contributed by atoms with E-state index in [9.17, 15) is 19.8 Å². The average Bonchev–Trinajstić information content (AvgIpc) is 2.31. The topological polar surface area (TPSA) is 102 Å². The minimum atomic E-state index is -0.543. The molecule has 6 heteroatoms. The van der Waals surface area contributed by atoms with Crippen LogP contribution in [0, 0.1) is 0 Å². The predicted octanol–water partition coefficient (Wildman–Crippen LogP) is 0.114. The number of rotatable bonds is 2. The third-order valence-corrected chi connectivity index (χ3v) is 3.14. The maximum atomic E-state index is 11.9. The molecule has 1 fully saturated rings. The molecule has 1 aliphatic rings. The molecule has 1 amide bonds. The fourth-order valence-corrected chi connectivity index (χ4v) is 2.19. The second-order valence-electron chi connectivity index (χ2n) is 4.55. The van der Waals surface area contributed by atoms with Gasteiger partial charge in [0, 0.05) is 12.1 Å². The standard InChI is InChI=1S/C12H16N2O4/c15-9-4-2-1-3-8(9)13-12(18)7-5-10(16)14-11(17)6-7/h5-6,8-9,15H,1-4H2,(H,13,18)(H2,14,16,17). The molecular formula is C12H16N2O4. The lowest BCUT2D eigenvalue weighted by Crippen LogP contribution is -2.45. The van der Waals surface area contributed by atoms with Gasteiger partial charge in [-0.2, -0.15) is 0 Å². The first kappa shape index (κ1) is 12.6. The summed E-state index contributed by atoms with van der Waals surface area (Å²) in [6.07, 6.45) is 2.77. The minimum absolute atomic E-state index is 0.0917. The van der Waals surface area contributed by atoms with E-state index in [0.717, 1.165) is 25.3 Å². The van der Waals surface area contributed by atoms with Gasteiger partial charge in [-0.25, -0.2) is 0 Å². The van der Waals surface area contributed by atoms with Gasteiger partial charge in [-0.15, -0.1) is 0 Å². The SMILES string of the molecule is O=C(NC1CCCCC1O)c1cc(O)[nH]c(=O)c1. The average molecular weight is 252 g/mol. The second kappa shape index (κ2) is 5.22. The molecule has 6 nitrogen and oxygen atoms in total. The van der Waals surface area contributed by atoms with Crippen molar-refractivity contribution in [1.82, 2.24) is 10.3 Å². The molecule has 0 aromatic carbocycles. The number of aliphatic hydroxyl groups is 1. The van der Waals surface area contributed by atoms with Gasteiger partial charge in [-0.1, -0.05) is 12.8 Å². The summed E-state index contributed by atoms with van der Waals surface area (Å²) in [5, 5.41) is 21.6. The predicted molar refractivity (Wildman–Crippen MR) is 64.5 cm³/mol. The minimum Gasteiger partial charge on any atom is -0.494 e. The lowest BCUT2D eigenvalue weighted by molar-refractivity contribution is 0.0717. The molecule has 1 aromatic heterocycles. The Bertz CT molecular complexity index is 497. The van der Waals surface area contributed by atoms with Crippen LogP contribution in [0.15, 0.2) is 16.9 Å². The molecular weight excluding hydrogens is 236 g/mol. The normalized spacial score (nSPS) is 23.6. The van der Waals surface area contributed by atoms with E-state index in [2.05, 4.69) is 10.3 Å². The lowest BCUT2D eigenvalue weighted by Gasteiger charge is -2.28. The Hall–Kier alpha value is -1.82. The molecule has 0 bridgehead atoms. The van der Waals surface area contributed by atoms with Crippen molar-refractivity contribution >= 4 is 5.91 Å². The lowest BCUT2D eigenvalue weighted by atomic mass is 9.92. The van der Waals surface area contributed by atoms with Gasteiger partial charge >= 0.3 is 0 Å². The summed E-state index contributed by atoms with van der Waals surface area (Å²) in [6, 6.07) is 2.02. The summed E-state index contributed by atoms with van der Waals surface area (Å²) in [5.41, 5.74) is -0.446. The van der Waals surface area contributed by atoms with E-state index in [4.69, 9.17) is 0 Å². The summed E-state index contributed by atoms with van der Waals surface area (Å²) in [4.78, 5) is 25.2. The number of carbonyl (C=O) groups excluding carboxylic acids is 1. The Morgan fingerprint density at radius 3 is 2.72 bits per heavy atom. The van der Waals surface area contributed by atoms with Crippen molar-refractivity contribution in [3.8, 4) is 5.88 Å². The van der Waals surface area contributed by atoms with Gasteiger partial charge in [0.05, 0.1) is 17.7 Å². The van der Waals surface area contributed by atoms with Crippen LogP contribution in [0.1, 0.15) is 36.0 Å². The molecule has 1 aliphatic carbocycles. The number of nitrogens with one attached hydrogen (secondary N) is 2. The first-order valence-electron chi connectivity index (χ1n) is 5.98. The zero-order valence-electron chi connectivity index (χ0n) is 9.85. The Labute approximate surface area is 104 Å². The van der Waals surface area contributed by atoms with Crippen LogP contribution < -0.4 is 10.9 Å². The fourth-order valence-electron chi connectivity index (χ4n) is 2.19. The summed E-state index contributed by atoms with van der Waals surface area (Å²) in [6.45, 7) is 0. The number of carbonyl (C=O) groups is 1. The van der Waals surface area contributed by atoms with Crippen molar-refractivity contribution in [2.75, 3.05) is 0 Å². The second-order valence-corrected chi connectivity index (χ2v) is 4.55. The third-order valence-electron chi connectivity index (χ3n) is 3.14. The molecule has 1 aromatic rings. The Balaban J connectivity index is 2.09. The number of hydrogen-bond donors (Lipinski definition) is 4. The molecule has 0 radical (unpaired) electrons. The van der Waals surface area contributed by atoms with Crippen molar-refractivity contribution in [2.45, 2.75) is 37.8 Å².